The molecule has 1 heterocycles. The topological polar surface area (TPSA) is 97.1 Å². The molecule has 1 aromatic carbocycles. The largest absolute Gasteiger partial charge is 0.480 e. The van der Waals surface area contributed by atoms with E-state index in [0.717, 1.165) is 10.7 Å². The minimum atomic E-state index is -1.09. The molecule has 0 spiro atoms. The minimum absolute atomic E-state index is 0.0263. The highest BCUT2D eigenvalue weighted by atomic mass is 19.2. The molecular weight excluding hydrogens is 310 g/mol. The number of halogens is 2. The van der Waals surface area contributed by atoms with E-state index >= 15 is 0 Å². The van der Waals surface area contributed by atoms with Gasteiger partial charge in [0.2, 0.25) is 11.9 Å². The summed E-state index contributed by atoms with van der Waals surface area (Å²) in [4.78, 5) is 26.4. The lowest BCUT2D eigenvalue weighted by Crippen LogP contribution is -2.16. The smallest absolute Gasteiger partial charge is 0.325 e. The highest BCUT2D eigenvalue weighted by molar-refractivity contribution is 5.93. The number of anilines is 1. The molecule has 0 aliphatic heterocycles. The normalized spacial score (nSPS) is 19.4. The van der Waals surface area contributed by atoms with Crippen LogP contribution in [0.15, 0.2) is 24.5 Å². The SMILES string of the molecule is O=C(O)Cn1cnc(NC(=O)C2CC2c2cccc(F)c2F)n1. The second kappa shape index (κ2) is 5.75. The third-order valence-corrected chi connectivity index (χ3v) is 3.58. The van der Waals surface area contributed by atoms with E-state index in [-0.39, 0.29) is 24.0 Å². The highest BCUT2D eigenvalue weighted by Gasteiger charge is 2.45. The molecule has 7 nitrogen and oxygen atoms in total. The standard InChI is InChI=1S/C14H12F2N4O3/c15-10-3-1-2-7(12(10)16)8-4-9(8)13(23)18-14-17-6-20(19-14)5-11(21)22/h1-3,6,8-9H,4-5H2,(H,21,22)(H,18,19,23). The van der Waals surface area contributed by atoms with Crippen LogP contribution >= 0.6 is 0 Å². The van der Waals surface area contributed by atoms with Crippen molar-refractivity contribution in [3.63, 3.8) is 0 Å². The summed E-state index contributed by atoms with van der Waals surface area (Å²) < 4.78 is 28.0. The number of hydrogen-bond acceptors (Lipinski definition) is 4. The molecule has 1 amide bonds. The Hall–Kier alpha value is -2.84. The molecule has 2 N–H and O–H groups in total. The first kappa shape index (κ1) is 15.1. The van der Waals surface area contributed by atoms with Crippen molar-refractivity contribution < 1.29 is 23.5 Å². The lowest BCUT2D eigenvalue weighted by atomic mass is 10.1. The van der Waals surface area contributed by atoms with Gasteiger partial charge in [-0.2, -0.15) is 0 Å². The van der Waals surface area contributed by atoms with Gasteiger partial charge in [0.05, 0.1) is 0 Å². The van der Waals surface area contributed by atoms with Crippen LogP contribution in [0.25, 0.3) is 0 Å². The Kier molecular flexibility index (Phi) is 3.77. The predicted molar refractivity (Wildman–Crippen MR) is 73.5 cm³/mol. The van der Waals surface area contributed by atoms with Gasteiger partial charge in [0, 0.05) is 5.92 Å². The highest BCUT2D eigenvalue weighted by Crippen LogP contribution is 2.48. The minimum Gasteiger partial charge on any atom is -0.480 e. The van der Waals surface area contributed by atoms with E-state index < -0.39 is 29.4 Å². The Morgan fingerprint density at radius 3 is 2.91 bits per heavy atom. The van der Waals surface area contributed by atoms with Crippen molar-refractivity contribution in [2.75, 3.05) is 5.32 Å². The van der Waals surface area contributed by atoms with Crippen molar-refractivity contribution in [1.82, 2.24) is 14.8 Å². The lowest BCUT2D eigenvalue weighted by molar-refractivity contribution is -0.137. The van der Waals surface area contributed by atoms with Crippen LogP contribution in [0.2, 0.25) is 0 Å². The molecule has 1 aromatic heterocycles. The number of rotatable bonds is 5. The third kappa shape index (κ3) is 3.17. The van der Waals surface area contributed by atoms with Crippen molar-refractivity contribution in [3.05, 3.63) is 41.7 Å². The van der Waals surface area contributed by atoms with E-state index in [1.165, 1.54) is 18.5 Å². The number of carboxylic acids is 1. The number of aliphatic carboxylic acids is 1. The monoisotopic (exact) mass is 322 g/mol. The summed E-state index contributed by atoms with van der Waals surface area (Å²) >= 11 is 0. The molecule has 0 bridgehead atoms. The molecule has 120 valence electrons. The summed E-state index contributed by atoms with van der Waals surface area (Å²) in [6.07, 6.45) is 1.59. The molecule has 2 unspecified atom stereocenters. The van der Waals surface area contributed by atoms with Gasteiger partial charge in [-0.05, 0) is 24.0 Å². The van der Waals surface area contributed by atoms with Gasteiger partial charge < -0.3 is 5.11 Å². The van der Waals surface area contributed by atoms with Gasteiger partial charge in [0.25, 0.3) is 0 Å². The number of nitrogens with zero attached hydrogens (tertiary/aromatic N) is 3. The lowest BCUT2D eigenvalue weighted by Gasteiger charge is -2.03. The number of hydrogen-bond donors (Lipinski definition) is 2. The maximum atomic E-state index is 13.7. The van der Waals surface area contributed by atoms with Gasteiger partial charge in [-0.3, -0.25) is 14.9 Å². The first-order valence-corrected chi connectivity index (χ1v) is 6.81. The Balaban J connectivity index is 1.63. The summed E-state index contributed by atoms with van der Waals surface area (Å²) in [6.45, 7) is -0.372. The number of amides is 1. The fourth-order valence-electron chi connectivity index (χ4n) is 2.40. The van der Waals surface area contributed by atoms with E-state index in [1.807, 2.05) is 0 Å². The van der Waals surface area contributed by atoms with Gasteiger partial charge in [0.1, 0.15) is 12.9 Å². The summed E-state index contributed by atoms with van der Waals surface area (Å²) in [7, 11) is 0. The van der Waals surface area contributed by atoms with Crippen LogP contribution in [0.5, 0.6) is 0 Å². The van der Waals surface area contributed by atoms with E-state index in [9.17, 15) is 18.4 Å². The summed E-state index contributed by atoms with van der Waals surface area (Å²) in [6, 6.07) is 3.88. The Bertz CT molecular complexity index is 777. The first-order chi connectivity index (χ1) is 11.0. The maximum Gasteiger partial charge on any atom is 0.325 e. The second-order valence-corrected chi connectivity index (χ2v) is 5.24. The molecule has 2 aromatic rings. The van der Waals surface area contributed by atoms with Crippen LogP contribution < -0.4 is 5.32 Å². The van der Waals surface area contributed by atoms with Crippen molar-refractivity contribution in [2.24, 2.45) is 5.92 Å². The number of carbonyl (C=O) groups is 2. The van der Waals surface area contributed by atoms with Crippen LogP contribution in [0, 0.1) is 17.6 Å². The number of carbonyl (C=O) groups excluding carboxylic acids is 1. The van der Waals surface area contributed by atoms with Gasteiger partial charge in [-0.15, -0.1) is 5.10 Å². The molecule has 1 aliphatic rings. The fraction of sp³-hybridized carbons (Fsp3) is 0.286. The van der Waals surface area contributed by atoms with Gasteiger partial charge >= 0.3 is 5.97 Å². The molecule has 0 saturated heterocycles. The number of nitrogens with one attached hydrogen (secondary N) is 1. The molecule has 0 radical (unpaired) electrons. The van der Waals surface area contributed by atoms with Gasteiger partial charge in [0.15, 0.2) is 11.6 Å². The van der Waals surface area contributed by atoms with E-state index in [4.69, 9.17) is 5.11 Å². The third-order valence-electron chi connectivity index (χ3n) is 3.58. The van der Waals surface area contributed by atoms with Crippen molar-refractivity contribution in [2.45, 2.75) is 18.9 Å². The number of benzene rings is 1. The number of aromatic nitrogens is 3. The quantitative estimate of drug-likeness (QED) is 0.867. The Morgan fingerprint density at radius 1 is 1.39 bits per heavy atom. The second-order valence-electron chi connectivity index (χ2n) is 5.24. The Labute approximate surface area is 128 Å². The summed E-state index contributed by atoms with van der Waals surface area (Å²) in [5, 5.41) is 14.9. The predicted octanol–water partition coefficient (Wildman–Crippen LogP) is 1.38. The van der Waals surface area contributed by atoms with Crippen LogP contribution in [-0.2, 0) is 16.1 Å². The fourth-order valence-corrected chi connectivity index (χ4v) is 2.40. The number of carboxylic acid groups (broad SMARTS) is 1. The molecule has 2 atom stereocenters. The van der Waals surface area contributed by atoms with Gasteiger partial charge in [-0.1, -0.05) is 12.1 Å². The van der Waals surface area contributed by atoms with Crippen molar-refractivity contribution in [3.8, 4) is 0 Å². The molecule has 1 aliphatic carbocycles. The molecule has 1 fully saturated rings. The van der Waals surface area contributed by atoms with Crippen molar-refractivity contribution >= 4 is 17.8 Å². The van der Waals surface area contributed by atoms with Gasteiger partial charge in [-0.25, -0.2) is 18.4 Å². The molecule has 9 heteroatoms. The van der Waals surface area contributed by atoms with Crippen LogP contribution in [0.1, 0.15) is 17.9 Å². The van der Waals surface area contributed by atoms with E-state index in [1.54, 1.807) is 0 Å². The molecular formula is C14H12F2N4O3. The zero-order valence-electron chi connectivity index (χ0n) is 11.7. The Morgan fingerprint density at radius 2 is 2.17 bits per heavy atom. The summed E-state index contributed by atoms with van der Waals surface area (Å²) in [5.74, 6) is -4.27. The average Bonchev–Trinajstić information content (AvgIpc) is 3.17. The van der Waals surface area contributed by atoms with E-state index in [0.29, 0.717) is 6.42 Å². The maximum absolute atomic E-state index is 13.7. The summed E-state index contributed by atoms with van der Waals surface area (Å²) in [5.41, 5.74) is 0.175. The molecule has 3 rings (SSSR count). The average molecular weight is 322 g/mol. The van der Waals surface area contributed by atoms with Crippen LogP contribution in [0.3, 0.4) is 0 Å². The van der Waals surface area contributed by atoms with Crippen LogP contribution in [-0.4, -0.2) is 31.7 Å². The molecule has 1 saturated carbocycles. The zero-order chi connectivity index (χ0) is 16.6. The first-order valence-electron chi connectivity index (χ1n) is 6.81. The van der Waals surface area contributed by atoms with Crippen molar-refractivity contribution in [1.29, 1.82) is 0 Å². The van der Waals surface area contributed by atoms with Crippen LogP contribution in [0.4, 0.5) is 14.7 Å². The van der Waals surface area contributed by atoms with E-state index in [2.05, 4.69) is 15.4 Å². The molecule has 23 heavy (non-hydrogen) atoms. The zero-order valence-corrected chi connectivity index (χ0v) is 11.7.